The molecule has 4 nitrogen and oxygen atoms in total. The Morgan fingerprint density at radius 1 is 1.47 bits per heavy atom. The minimum atomic E-state index is -0.271. The molecule has 1 fully saturated rings. The van der Waals surface area contributed by atoms with E-state index < -0.39 is 0 Å². The quantitative estimate of drug-likeness (QED) is 0.872. The lowest BCUT2D eigenvalue weighted by Gasteiger charge is -2.15. The predicted octanol–water partition coefficient (Wildman–Crippen LogP) is 1.89. The van der Waals surface area contributed by atoms with E-state index in [-0.39, 0.29) is 17.9 Å². The first kappa shape index (κ1) is 13.9. The molecule has 19 heavy (non-hydrogen) atoms. The molecule has 0 saturated heterocycles. The monoisotopic (exact) mass is 263 g/mol. The first-order valence-corrected chi connectivity index (χ1v) is 6.72. The van der Waals surface area contributed by atoms with Crippen LogP contribution < -0.4 is 10.1 Å². The van der Waals surface area contributed by atoms with Gasteiger partial charge in [0.05, 0.1) is 13.2 Å². The minimum Gasteiger partial charge on any atom is -0.496 e. The number of nitrogens with one attached hydrogen (secondary N) is 1. The molecule has 4 heteroatoms. The number of hydrogen-bond acceptors (Lipinski definition) is 3. The smallest absolute Gasteiger partial charge is 0.251 e. The third-order valence-corrected chi connectivity index (χ3v) is 3.81. The summed E-state index contributed by atoms with van der Waals surface area (Å²) >= 11 is 0. The zero-order valence-corrected chi connectivity index (χ0v) is 11.5. The molecule has 1 aromatic rings. The van der Waals surface area contributed by atoms with E-state index in [4.69, 9.17) is 4.74 Å². The Kier molecular flexibility index (Phi) is 4.43. The summed E-state index contributed by atoms with van der Waals surface area (Å²) in [6.45, 7) is 2.48. The maximum Gasteiger partial charge on any atom is 0.251 e. The van der Waals surface area contributed by atoms with Crippen LogP contribution in [0.4, 0.5) is 0 Å². The van der Waals surface area contributed by atoms with Gasteiger partial charge in [0.15, 0.2) is 0 Å². The lowest BCUT2D eigenvalue weighted by molar-refractivity contribution is 0.0916. The third kappa shape index (κ3) is 3.26. The van der Waals surface area contributed by atoms with E-state index >= 15 is 0 Å². The van der Waals surface area contributed by atoms with Gasteiger partial charge in [0.1, 0.15) is 5.75 Å². The number of hydrogen-bond donors (Lipinski definition) is 2. The number of amides is 1. The summed E-state index contributed by atoms with van der Waals surface area (Å²) in [5, 5.41) is 12.6. The molecule has 1 aromatic carbocycles. The zero-order valence-electron chi connectivity index (χ0n) is 11.5. The molecule has 2 rings (SSSR count). The normalized spacial score (nSPS) is 22.3. The number of ether oxygens (including phenoxy) is 1. The van der Waals surface area contributed by atoms with Crippen molar-refractivity contribution >= 4 is 5.91 Å². The van der Waals surface area contributed by atoms with Gasteiger partial charge in [-0.25, -0.2) is 0 Å². The van der Waals surface area contributed by atoms with Crippen molar-refractivity contribution in [2.24, 2.45) is 5.92 Å². The van der Waals surface area contributed by atoms with Gasteiger partial charge in [-0.3, -0.25) is 4.79 Å². The van der Waals surface area contributed by atoms with Crippen LogP contribution in [-0.2, 0) is 0 Å². The van der Waals surface area contributed by atoms with E-state index in [1.165, 1.54) is 0 Å². The first-order chi connectivity index (χ1) is 9.11. The standard InChI is InChI=1S/C15H21NO3/c1-10-6-7-11(8-14(10)19-2)15(18)16-9-12-4-3-5-13(12)17/h6-8,12-13,17H,3-5,9H2,1-2H3,(H,16,18). The molecule has 104 valence electrons. The van der Waals surface area contributed by atoms with E-state index in [0.29, 0.717) is 17.9 Å². The largest absolute Gasteiger partial charge is 0.496 e. The highest BCUT2D eigenvalue weighted by atomic mass is 16.5. The highest BCUT2D eigenvalue weighted by Crippen LogP contribution is 2.25. The lowest BCUT2D eigenvalue weighted by atomic mass is 10.1. The van der Waals surface area contributed by atoms with Crippen LogP contribution in [0.3, 0.4) is 0 Å². The second-order valence-corrected chi connectivity index (χ2v) is 5.15. The van der Waals surface area contributed by atoms with Gasteiger partial charge in [0.25, 0.3) is 5.91 Å². The van der Waals surface area contributed by atoms with Crippen molar-refractivity contribution in [3.8, 4) is 5.75 Å². The fourth-order valence-electron chi connectivity index (χ4n) is 2.54. The van der Waals surface area contributed by atoms with Crippen molar-refractivity contribution < 1.29 is 14.6 Å². The molecule has 2 atom stereocenters. The zero-order chi connectivity index (χ0) is 13.8. The molecule has 0 spiro atoms. The molecule has 0 heterocycles. The van der Waals surface area contributed by atoms with Crippen molar-refractivity contribution in [1.82, 2.24) is 5.32 Å². The van der Waals surface area contributed by atoms with Crippen LogP contribution in [0.1, 0.15) is 35.2 Å². The molecule has 1 saturated carbocycles. The summed E-state index contributed by atoms with van der Waals surface area (Å²) in [6, 6.07) is 5.41. The molecule has 0 aromatic heterocycles. The van der Waals surface area contributed by atoms with Gasteiger partial charge in [0.2, 0.25) is 0 Å². The molecule has 0 bridgehead atoms. The summed E-state index contributed by atoms with van der Waals surface area (Å²) in [5.41, 5.74) is 1.60. The summed E-state index contributed by atoms with van der Waals surface area (Å²) in [5.74, 6) is 0.794. The molecule has 0 aliphatic heterocycles. The average molecular weight is 263 g/mol. The lowest BCUT2D eigenvalue weighted by Crippen LogP contribution is -2.32. The Labute approximate surface area is 113 Å². The fourth-order valence-corrected chi connectivity index (χ4v) is 2.54. The van der Waals surface area contributed by atoms with Crippen molar-refractivity contribution in [3.05, 3.63) is 29.3 Å². The number of carbonyl (C=O) groups excluding carboxylic acids is 1. The van der Waals surface area contributed by atoms with E-state index in [2.05, 4.69) is 5.32 Å². The number of carbonyl (C=O) groups is 1. The maximum atomic E-state index is 12.0. The second-order valence-electron chi connectivity index (χ2n) is 5.15. The van der Waals surface area contributed by atoms with Crippen LogP contribution in [0.25, 0.3) is 0 Å². The summed E-state index contributed by atoms with van der Waals surface area (Å²) < 4.78 is 5.21. The number of rotatable bonds is 4. The predicted molar refractivity (Wildman–Crippen MR) is 73.4 cm³/mol. The van der Waals surface area contributed by atoms with Gasteiger partial charge >= 0.3 is 0 Å². The molecule has 2 unspecified atom stereocenters. The number of aliphatic hydroxyl groups excluding tert-OH is 1. The fraction of sp³-hybridized carbons (Fsp3) is 0.533. The van der Waals surface area contributed by atoms with Crippen LogP contribution in [0.5, 0.6) is 5.75 Å². The van der Waals surface area contributed by atoms with Crippen LogP contribution in [-0.4, -0.2) is 30.8 Å². The molecular weight excluding hydrogens is 242 g/mol. The second kappa shape index (κ2) is 6.06. The molecular formula is C15H21NO3. The van der Waals surface area contributed by atoms with Gasteiger partial charge in [-0.1, -0.05) is 12.5 Å². The molecule has 2 N–H and O–H groups in total. The van der Waals surface area contributed by atoms with Crippen molar-refractivity contribution in [3.63, 3.8) is 0 Å². The SMILES string of the molecule is COc1cc(C(=O)NCC2CCCC2O)ccc1C. The van der Waals surface area contributed by atoms with E-state index in [1.54, 1.807) is 19.2 Å². The Balaban J connectivity index is 1.96. The third-order valence-electron chi connectivity index (χ3n) is 3.81. The van der Waals surface area contributed by atoms with Gasteiger partial charge in [-0.15, -0.1) is 0 Å². The molecule has 1 aliphatic rings. The summed E-state index contributed by atoms with van der Waals surface area (Å²) in [6.07, 6.45) is 2.60. The number of aliphatic hydroxyl groups is 1. The van der Waals surface area contributed by atoms with Crippen molar-refractivity contribution in [2.45, 2.75) is 32.3 Å². The van der Waals surface area contributed by atoms with Crippen LogP contribution in [0.15, 0.2) is 18.2 Å². The Bertz CT molecular complexity index is 459. The maximum absolute atomic E-state index is 12.0. The summed E-state index contributed by atoms with van der Waals surface area (Å²) in [4.78, 5) is 12.0. The van der Waals surface area contributed by atoms with Gasteiger partial charge in [-0.05, 0) is 37.5 Å². The van der Waals surface area contributed by atoms with Crippen LogP contribution in [0.2, 0.25) is 0 Å². The Morgan fingerprint density at radius 3 is 2.89 bits per heavy atom. The van der Waals surface area contributed by atoms with Crippen LogP contribution >= 0.6 is 0 Å². The van der Waals surface area contributed by atoms with E-state index in [9.17, 15) is 9.90 Å². The Morgan fingerprint density at radius 2 is 2.26 bits per heavy atom. The van der Waals surface area contributed by atoms with Crippen LogP contribution in [0, 0.1) is 12.8 Å². The van der Waals surface area contributed by atoms with Gasteiger partial charge in [-0.2, -0.15) is 0 Å². The average Bonchev–Trinajstić information content (AvgIpc) is 2.82. The molecule has 0 radical (unpaired) electrons. The minimum absolute atomic E-state index is 0.114. The number of benzene rings is 1. The van der Waals surface area contributed by atoms with Gasteiger partial charge in [0, 0.05) is 18.0 Å². The molecule has 1 amide bonds. The molecule has 1 aliphatic carbocycles. The van der Waals surface area contributed by atoms with Gasteiger partial charge < -0.3 is 15.2 Å². The number of methoxy groups -OCH3 is 1. The topological polar surface area (TPSA) is 58.6 Å². The number of aryl methyl sites for hydroxylation is 1. The Hall–Kier alpha value is -1.55. The van der Waals surface area contributed by atoms with Crippen molar-refractivity contribution in [2.75, 3.05) is 13.7 Å². The highest BCUT2D eigenvalue weighted by molar-refractivity contribution is 5.94. The van der Waals surface area contributed by atoms with E-state index in [1.807, 2.05) is 13.0 Å². The van der Waals surface area contributed by atoms with E-state index in [0.717, 1.165) is 24.8 Å². The highest BCUT2D eigenvalue weighted by Gasteiger charge is 2.25. The summed E-state index contributed by atoms with van der Waals surface area (Å²) in [7, 11) is 1.60. The van der Waals surface area contributed by atoms with Crippen molar-refractivity contribution in [1.29, 1.82) is 0 Å². The first-order valence-electron chi connectivity index (χ1n) is 6.72.